The number of rotatable bonds is 9. The molecule has 6 saturated carbocycles. The molecule has 7 nitrogen and oxygen atoms in total. The summed E-state index contributed by atoms with van der Waals surface area (Å²) in [5.41, 5.74) is 1.41. The predicted octanol–water partition coefficient (Wildman–Crippen LogP) is 8.38. The van der Waals surface area contributed by atoms with Crippen molar-refractivity contribution in [1.29, 1.82) is 0 Å². The SMILES string of the molecule is CC(C)C1=C2[C@H]3CC[C@@H]4[C@@]5(C)CC[C@H](OC(=O)[C@H]6C[C@@H](C(=O)O)C6(C)C)C(C)(C)[C@@H]5CC[C@@]4(C)[C@]3(C)CC[C@@]2([C@@H](O)CNCC2CCC2)CC1=O. The molecule has 6 fully saturated rings. The van der Waals surface area contributed by atoms with E-state index >= 15 is 0 Å². The van der Waals surface area contributed by atoms with Crippen molar-refractivity contribution in [1.82, 2.24) is 5.32 Å². The van der Waals surface area contributed by atoms with Crippen LogP contribution in [-0.2, 0) is 19.1 Å². The Morgan fingerprint density at radius 3 is 2.16 bits per heavy atom. The smallest absolute Gasteiger partial charge is 0.309 e. The summed E-state index contributed by atoms with van der Waals surface area (Å²) in [4.78, 5) is 39.3. The molecular weight excluding hydrogens is 638 g/mol. The molecule has 0 amide bonds. The quantitative estimate of drug-likeness (QED) is 0.207. The van der Waals surface area contributed by atoms with Gasteiger partial charge in [0.25, 0.3) is 0 Å². The molecule has 0 aromatic rings. The Morgan fingerprint density at radius 2 is 1.55 bits per heavy atom. The number of aliphatic carboxylic acids is 1. The van der Waals surface area contributed by atoms with Crippen LogP contribution in [0.25, 0.3) is 0 Å². The number of carbonyl (C=O) groups excluding carboxylic acids is 2. The highest BCUT2D eigenvalue weighted by molar-refractivity contribution is 6.00. The first-order chi connectivity index (χ1) is 23.8. The van der Waals surface area contributed by atoms with Crippen molar-refractivity contribution < 1.29 is 29.3 Å². The van der Waals surface area contributed by atoms with Gasteiger partial charge in [-0.15, -0.1) is 0 Å². The van der Waals surface area contributed by atoms with Gasteiger partial charge in [0.15, 0.2) is 5.78 Å². The summed E-state index contributed by atoms with van der Waals surface area (Å²) < 4.78 is 6.41. The summed E-state index contributed by atoms with van der Waals surface area (Å²) in [6.45, 7) is 22.1. The highest BCUT2D eigenvalue weighted by atomic mass is 16.5. The number of ether oxygens (including phenoxy) is 1. The van der Waals surface area contributed by atoms with Crippen molar-refractivity contribution in [2.24, 2.45) is 73.9 Å². The van der Waals surface area contributed by atoms with Crippen molar-refractivity contribution in [3.63, 3.8) is 0 Å². The van der Waals surface area contributed by atoms with E-state index < -0.39 is 28.8 Å². The van der Waals surface area contributed by atoms with E-state index in [1.807, 2.05) is 13.8 Å². The van der Waals surface area contributed by atoms with Crippen LogP contribution in [0.15, 0.2) is 11.1 Å². The van der Waals surface area contributed by atoms with Gasteiger partial charge in [-0.3, -0.25) is 14.4 Å². The van der Waals surface area contributed by atoms with Crippen molar-refractivity contribution in [3.05, 3.63) is 11.1 Å². The van der Waals surface area contributed by atoms with E-state index in [0.29, 0.717) is 37.1 Å². The van der Waals surface area contributed by atoms with Gasteiger partial charge in [0.2, 0.25) is 0 Å². The third kappa shape index (κ3) is 5.25. The average molecular weight is 708 g/mol. The van der Waals surface area contributed by atoms with E-state index in [-0.39, 0.29) is 51.4 Å². The number of fused-ring (bicyclic) bond motifs is 7. The first-order valence-corrected chi connectivity index (χ1v) is 20.9. The second-order valence-electron chi connectivity index (χ2n) is 21.1. The molecule has 0 saturated heterocycles. The van der Waals surface area contributed by atoms with Crippen molar-refractivity contribution in [2.75, 3.05) is 13.1 Å². The number of aliphatic hydroxyl groups excluding tert-OH is 1. The predicted molar refractivity (Wildman–Crippen MR) is 199 cm³/mol. The molecule has 0 spiro atoms. The molecule has 11 atom stereocenters. The van der Waals surface area contributed by atoms with Crippen LogP contribution < -0.4 is 5.32 Å². The molecule has 7 heteroatoms. The zero-order valence-corrected chi connectivity index (χ0v) is 33.3. The van der Waals surface area contributed by atoms with Crippen molar-refractivity contribution in [3.8, 4) is 0 Å². The van der Waals surface area contributed by atoms with Gasteiger partial charge in [-0.25, -0.2) is 0 Å². The maximum atomic E-state index is 14.0. The number of carboxylic acid groups (broad SMARTS) is 1. The highest BCUT2D eigenvalue weighted by Gasteiger charge is 2.71. The maximum absolute atomic E-state index is 14.0. The Kier molecular flexibility index (Phi) is 9.14. The van der Waals surface area contributed by atoms with E-state index in [4.69, 9.17) is 4.74 Å². The molecule has 7 aliphatic rings. The number of allylic oxidation sites excluding steroid dienone is 1. The Balaban J connectivity index is 1.13. The molecule has 0 unspecified atom stereocenters. The first kappa shape index (κ1) is 37.6. The van der Waals surface area contributed by atoms with Crippen molar-refractivity contribution >= 4 is 17.7 Å². The largest absolute Gasteiger partial charge is 0.481 e. The van der Waals surface area contributed by atoms with Gasteiger partial charge in [0, 0.05) is 23.8 Å². The van der Waals surface area contributed by atoms with Gasteiger partial charge < -0.3 is 20.3 Å². The van der Waals surface area contributed by atoms with E-state index in [9.17, 15) is 24.6 Å². The number of ketones is 1. The van der Waals surface area contributed by atoms with Crippen LogP contribution in [0.1, 0.15) is 146 Å². The molecular formula is C44H69NO6. The lowest BCUT2D eigenvalue weighted by Crippen LogP contribution is -2.66. The Labute approximate surface area is 307 Å². The number of esters is 1. The first-order valence-electron chi connectivity index (χ1n) is 20.9. The molecule has 0 aromatic carbocycles. The van der Waals surface area contributed by atoms with E-state index in [1.54, 1.807) is 0 Å². The summed E-state index contributed by atoms with van der Waals surface area (Å²) >= 11 is 0. The summed E-state index contributed by atoms with van der Waals surface area (Å²) in [5, 5.41) is 25.3. The van der Waals surface area contributed by atoms with Crippen LogP contribution in [0, 0.1) is 73.9 Å². The standard InChI is InChI=1S/C44H69NO6/c1-25(2)35-30(46)22-44(33(47)24-45-23-26-11-10-12-26)20-19-42(8)27(36(35)44)13-14-32-41(7)17-16-34(40(5,6)31(41)15-18-43(32,42)9)51-38(50)29-21-28(37(48)49)39(29,3)4/h25-29,31-34,45,47H,10-24H2,1-9H3,(H,48,49)/t27-,28+,29-,31+,32-,33+,34+,41+,42-,43-,44+/m1/s1. The third-order valence-corrected chi connectivity index (χ3v) is 18.2. The molecule has 286 valence electrons. The number of aliphatic hydroxyl groups is 1. The lowest BCUT2D eigenvalue weighted by molar-refractivity contribution is -0.238. The molecule has 0 radical (unpaired) electrons. The number of nitrogens with one attached hydrogen (secondary N) is 1. The minimum Gasteiger partial charge on any atom is -0.481 e. The van der Waals surface area contributed by atoms with Crippen LogP contribution in [-0.4, -0.2) is 53.2 Å². The zero-order chi connectivity index (χ0) is 37.1. The monoisotopic (exact) mass is 708 g/mol. The summed E-state index contributed by atoms with van der Waals surface area (Å²) in [5.74, 6) is 0.536. The number of Topliss-reactive ketones (excluding diaryl/α,β-unsaturated/α-hetero) is 1. The lowest BCUT2D eigenvalue weighted by Gasteiger charge is -2.72. The molecule has 51 heavy (non-hydrogen) atoms. The number of hydrogen-bond acceptors (Lipinski definition) is 6. The zero-order valence-electron chi connectivity index (χ0n) is 33.3. The fourth-order valence-electron chi connectivity index (χ4n) is 14.6. The van der Waals surface area contributed by atoms with Gasteiger partial charge in [-0.2, -0.15) is 0 Å². The van der Waals surface area contributed by atoms with Crippen LogP contribution in [0.2, 0.25) is 0 Å². The summed E-state index contributed by atoms with van der Waals surface area (Å²) in [7, 11) is 0. The van der Waals surface area contributed by atoms with Gasteiger partial charge in [-0.05, 0) is 134 Å². The van der Waals surface area contributed by atoms with Gasteiger partial charge >= 0.3 is 11.9 Å². The second-order valence-corrected chi connectivity index (χ2v) is 21.1. The van der Waals surface area contributed by atoms with E-state index in [0.717, 1.165) is 69.4 Å². The topological polar surface area (TPSA) is 113 Å². The molecule has 0 aliphatic heterocycles. The molecule has 0 heterocycles. The van der Waals surface area contributed by atoms with Gasteiger partial charge in [0.1, 0.15) is 6.10 Å². The summed E-state index contributed by atoms with van der Waals surface area (Å²) in [6, 6.07) is 0. The molecule has 7 aliphatic carbocycles. The van der Waals surface area contributed by atoms with Crippen LogP contribution in [0.5, 0.6) is 0 Å². The summed E-state index contributed by atoms with van der Waals surface area (Å²) in [6.07, 6.45) is 12.2. The Hall–Kier alpha value is -1.73. The van der Waals surface area contributed by atoms with E-state index in [2.05, 4.69) is 53.8 Å². The van der Waals surface area contributed by atoms with Crippen LogP contribution in [0.4, 0.5) is 0 Å². The minimum atomic E-state index is -0.821. The average Bonchev–Trinajstić information content (AvgIpc) is 3.32. The lowest BCUT2D eigenvalue weighted by atomic mass is 9.33. The highest BCUT2D eigenvalue weighted by Crippen LogP contribution is 2.77. The maximum Gasteiger partial charge on any atom is 0.309 e. The van der Waals surface area contributed by atoms with E-state index in [1.165, 1.54) is 24.8 Å². The van der Waals surface area contributed by atoms with Crippen LogP contribution >= 0.6 is 0 Å². The normalized spacial score (nSPS) is 44.7. The van der Waals surface area contributed by atoms with Crippen LogP contribution in [0.3, 0.4) is 0 Å². The number of carbonyl (C=O) groups is 3. The Bertz CT molecular complexity index is 1480. The molecule has 3 N–H and O–H groups in total. The fraction of sp³-hybridized carbons (Fsp3) is 0.886. The molecule has 7 rings (SSSR count). The Morgan fingerprint density at radius 1 is 0.843 bits per heavy atom. The van der Waals surface area contributed by atoms with Gasteiger partial charge in [-0.1, -0.05) is 74.3 Å². The number of carboxylic acids is 1. The second kappa shape index (κ2) is 12.4. The number of hydrogen-bond donors (Lipinski definition) is 3. The van der Waals surface area contributed by atoms with Gasteiger partial charge in [0.05, 0.1) is 17.9 Å². The molecule has 0 aromatic heterocycles. The molecule has 0 bridgehead atoms. The fourth-order valence-corrected chi connectivity index (χ4v) is 14.6. The minimum absolute atomic E-state index is 0.0382. The van der Waals surface area contributed by atoms with Crippen molar-refractivity contribution in [2.45, 2.75) is 158 Å². The third-order valence-electron chi connectivity index (χ3n) is 18.2.